The molecule has 0 spiro atoms. The highest BCUT2D eigenvalue weighted by molar-refractivity contribution is 7.10. The van der Waals surface area contributed by atoms with E-state index in [1.54, 1.807) is 11.3 Å². The van der Waals surface area contributed by atoms with Crippen LogP contribution < -0.4 is 5.73 Å². The summed E-state index contributed by atoms with van der Waals surface area (Å²) < 4.78 is 0. The van der Waals surface area contributed by atoms with Crippen molar-refractivity contribution in [3.63, 3.8) is 0 Å². The minimum Gasteiger partial charge on any atom is -0.320 e. The second-order valence-corrected chi connectivity index (χ2v) is 6.10. The summed E-state index contributed by atoms with van der Waals surface area (Å²) in [5.74, 6) is 0. The molecular formula is C16H20ClNS. The summed E-state index contributed by atoms with van der Waals surface area (Å²) in [7, 11) is 0. The molecule has 0 amide bonds. The van der Waals surface area contributed by atoms with Crippen LogP contribution in [0.5, 0.6) is 0 Å². The average Bonchev–Trinajstić information content (AvgIpc) is 2.77. The summed E-state index contributed by atoms with van der Waals surface area (Å²) in [5.41, 5.74) is 11.4. The Morgan fingerprint density at radius 2 is 2.00 bits per heavy atom. The summed E-state index contributed by atoms with van der Waals surface area (Å²) in [4.78, 5) is 1.07. The normalized spacial score (nSPS) is 12.7. The van der Waals surface area contributed by atoms with E-state index in [9.17, 15) is 0 Å². The Bertz CT molecular complexity index is 574. The third kappa shape index (κ3) is 2.86. The van der Waals surface area contributed by atoms with Gasteiger partial charge in [0, 0.05) is 4.88 Å². The third-order valence-electron chi connectivity index (χ3n) is 3.54. The van der Waals surface area contributed by atoms with Crippen molar-refractivity contribution in [2.45, 2.75) is 39.7 Å². The molecule has 0 aliphatic carbocycles. The molecule has 1 unspecified atom stereocenters. The van der Waals surface area contributed by atoms with Gasteiger partial charge in [0.15, 0.2) is 0 Å². The zero-order chi connectivity index (χ0) is 14.0. The lowest BCUT2D eigenvalue weighted by Gasteiger charge is -2.17. The van der Waals surface area contributed by atoms with Crippen LogP contribution in [0.2, 0.25) is 5.02 Å². The molecule has 1 atom stereocenters. The first-order chi connectivity index (χ1) is 9.08. The van der Waals surface area contributed by atoms with Crippen molar-refractivity contribution in [3.8, 4) is 0 Å². The Hall–Kier alpha value is -0.830. The van der Waals surface area contributed by atoms with E-state index in [2.05, 4.69) is 37.4 Å². The molecule has 0 fully saturated rings. The first kappa shape index (κ1) is 14.6. The maximum Gasteiger partial charge on any atom is 0.0663 e. The third-order valence-corrected chi connectivity index (χ3v) is 5.34. The predicted molar refractivity (Wildman–Crippen MR) is 85.3 cm³/mol. The Morgan fingerprint density at radius 1 is 1.26 bits per heavy atom. The van der Waals surface area contributed by atoms with Crippen LogP contribution in [0.4, 0.5) is 0 Å². The van der Waals surface area contributed by atoms with E-state index < -0.39 is 0 Å². The maximum absolute atomic E-state index is 6.46. The van der Waals surface area contributed by atoms with Crippen LogP contribution in [-0.4, -0.2) is 0 Å². The number of halogens is 1. The Balaban J connectivity index is 2.47. The lowest BCUT2D eigenvalue weighted by atomic mass is 9.95. The van der Waals surface area contributed by atoms with Gasteiger partial charge in [0.2, 0.25) is 0 Å². The van der Waals surface area contributed by atoms with Gasteiger partial charge in [0.1, 0.15) is 0 Å². The van der Waals surface area contributed by atoms with Crippen molar-refractivity contribution in [1.29, 1.82) is 0 Å². The molecule has 1 aromatic heterocycles. The molecule has 2 aromatic rings. The largest absolute Gasteiger partial charge is 0.320 e. The average molecular weight is 294 g/mol. The van der Waals surface area contributed by atoms with Gasteiger partial charge in [-0.3, -0.25) is 0 Å². The minimum atomic E-state index is -0.118. The van der Waals surface area contributed by atoms with Gasteiger partial charge in [-0.2, -0.15) is 0 Å². The molecule has 0 bridgehead atoms. The van der Waals surface area contributed by atoms with Crippen molar-refractivity contribution < 1.29 is 0 Å². The molecule has 3 heteroatoms. The monoisotopic (exact) mass is 293 g/mol. The van der Waals surface area contributed by atoms with Crippen molar-refractivity contribution in [2.75, 3.05) is 0 Å². The molecule has 102 valence electrons. The summed E-state index contributed by atoms with van der Waals surface area (Å²) in [5, 5.41) is 2.90. The van der Waals surface area contributed by atoms with E-state index >= 15 is 0 Å². The topological polar surface area (TPSA) is 26.0 Å². The Morgan fingerprint density at radius 3 is 2.53 bits per heavy atom. The molecule has 0 aliphatic rings. The van der Waals surface area contributed by atoms with E-state index in [1.165, 1.54) is 16.7 Å². The van der Waals surface area contributed by atoms with Gasteiger partial charge >= 0.3 is 0 Å². The second kappa shape index (κ2) is 6.08. The van der Waals surface area contributed by atoms with Crippen LogP contribution >= 0.6 is 22.9 Å². The first-order valence-electron chi connectivity index (χ1n) is 6.69. The minimum absolute atomic E-state index is 0.118. The highest BCUT2D eigenvalue weighted by Gasteiger charge is 2.18. The first-order valence-corrected chi connectivity index (χ1v) is 7.95. The number of hydrogen-bond donors (Lipinski definition) is 1. The second-order valence-electron chi connectivity index (χ2n) is 4.81. The van der Waals surface area contributed by atoms with Crippen LogP contribution in [0.15, 0.2) is 23.6 Å². The Labute approximate surface area is 124 Å². The van der Waals surface area contributed by atoms with Crippen LogP contribution in [0.3, 0.4) is 0 Å². The number of thiophene rings is 1. The molecule has 2 N–H and O–H groups in total. The fraction of sp³-hybridized carbons (Fsp3) is 0.375. The van der Waals surface area contributed by atoms with Crippen LogP contribution in [0.1, 0.15) is 47.0 Å². The van der Waals surface area contributed by atoms with Crippen molar-refractivity contribution in [3.05, 3.63) is 55.7 Å². The van der Waals surface area contributed by atoms with E-state index in [4.69, 9.17) is 17.3 Å². The van der Waals surface area contributed by atoms with Crippen molar-refractivity contribution in [2.24, 2.45) is 5.73 Å². The van der Waals surface area contributed by atoms with Crippen LogP contribution in [0, 0.1) is 6.92 Å². The standard InChI is InChI=1S/C16H20ClNS/c1-4-11-6-7-12(5-2)13(8-11)15(18)16-14(17)10(3)9-19-16/h6-9,15H,4-5,18H2,1-3H3. The van der Waals surface area contributed by atoms with Gasteiger partial charge in [-0.25, -0.2) is 0 Å². The molecule has 0 saturated heterocycles. The quantitative estimate of drug-likeness (QED) is 0.854. The molecule has 2 rings (SSSR count). The molecule has 1 nitrogen and oxygen atoms in total. The van der Waals surface area contributed by atoms with Crippen molar-refractivity contribution in [1.82, 2.24) is 0 Å². The van der Waals surface area contributed by atoms with E-state index in [0.717, 1.165) is 28.3 Å². The van der Waals surface area contributed by atoms with E-state index in [1.807, 2.05) is 6.92 Å². The van der Waals surface area contributed by atoms with Gasteiger partial charge in [-0.05, 0) is 47.4 Å². The SMILES string of the molecule is CCc1ccc(CC)c(C(N)c2scc(C)c2Cl)c1. The molecule has 19 heavy (non-hydrogen) atoms. The van der Waals surface area contributed by atoms with Crippen LogP contribution in [0.25, 0.3) is 0 Å². The van der Waals surface area contributed by atoms with E-state index in [0.29, 0.717) is 0 Å². The molecule has 0 saturated carbocycles. The van der Waals surface area contributed by atoms with Crippen LogP contribution in [-0.2, 0) is 12.8 Å². The zero-order valence-electron chi connectivity index (χ0n) is 11.7. The zero-order valence-corrected chi connectivity index (χ0v) is 13.2. The molecular weight excluding hydrogens is 274 g/mol. The summed E-state index contributed by atoms with van der Waals surface area (Å²) in [6.07, 6.45) is 2.02. The molecule has 1 aromatic carbocycles. The molecule has 1 heterocycles. The summed E-state index contributed by atoms with van der Waals surface area (Å²) in [6, 6.07) is 6.50. The molecule has 0 radical (unpaired) electrons. The number of benzene rings is 1. The van der Waals surface area contributed by atoms with E-state index in [-0.39, 0.29) is 6.04 Å². The van der Waals surface area contributed by atoms with Gasteiger partial charge in [-0.1, -0.05) is 43.6 Å². The van der Waals surface area contributed by atoms with Gasteiger partial charge < -0.3 is 5.73 Å². The summed E-state index contributed by atoms with van der Waals surface area (Å²) in [6.45, 7) is 6.36. The summed E-state index contributed by atoms with van der Waals surface area (Å²) >= 11 is 8.01. The van der Waals surface area contributed by atoms with Crippen molar-refractivity contribution >= 4 is 22.9 Å². The van der Waals surface area contributed by atoms with Gasteiger partial charge in [-0.15, -0.1) is 11.3 Å². The lowest BCUT2D eigenvalue weighted by molar-refractivity contribution is 0.862. The lowest BCUT2D eigenvalue weighted by Crippen LogP contribution is -2.13. The number of aryl methyl sites for hydroxylation is 3. The number of hydrogen-bond acceptors (Lipinski definition) is 2. The highest BCUT2D eigenvalue weighted by atomic mass is 35.5. The van der Waals surface area contributed by atoms with Gasteiger partial charge in [0.05, 0.1) is 11.1 Å². The number of rotatable bonds is 4. The maximum atomic E-state index is 6.46. The van der Waals surface area contributed by atoms with Gasteiger partial charge in [0.25, 0.3) is 0 Å². The smallest absolute Gasteiger partial charge is 0.0663 e. The number of nitrogens with two attached hydrogens (primary N) is 1. The predicted octanol–water partition coefficient (Wildman–Crippen LogP) is 4.88. The fourth-order valence-corrected chi connectivity index (χ4v) is 3.61. The fourth-order valence-electron chi connectivity index (χ4n) is 2.28. The molecule has 0 aliphatic heterocycles. The Kier molecular flexibility index (Phi) is 4.67. The highest BCUT2D eigenvalue weighted by Crippen LogP contribution is 2.35.